The first-order chi connectivity index (χ1) is 9.47. The molecule has 0 aliphatic rings. The van der Waals surface area contributed by atoms with Gasteiger partial charge in [-0.15, -0.1) is 0 Å². The molecule has 0 bridgehead atoms. The number of nitrogens with zero attached hydrogens (tertiary/aromatic N) is 4. The monoisotopic (exact) mass is 275 g/mol. The van der Waals surface area contributed by atoms with E-state index in [1.165, 1.54) is 0 Å². The molecule has 2 heterocycles. The lowest BCUT2D eigenvalue weighted by Gasteiger charge is -2.22. The Balaban J connectivity index is 2.05. The molecular weight excluding hydrogens is 254 g/mol. The van der Waals surface area contributed by atoms with Crippen molar-refractivity contribution in [1.82, 2.24) is 24.6 Å². The Hall–Kier alpha value is -2.11. The first-order valence-corrected chi connectivity index (χ1v) is 6.73. The Morgan fingerprint density at radius 1 is 1.45 bits per heavy atom. The van der Waals surface area contributed by atoms with E-state index >= 15 is 0 Å². The predicted molar refractivity (Wildman–Crippen MR) is 75.9 cm³/mol. The molecule has 1 amide bonds. The summed E-state index contributed by atoms with van der Waals surface area (Å²) in [6.07, 6.45) is 7.22. The van der Waals surface area contributed by atoms with Gasteiger partial charge in [0.15, 0.2) is 0 Å². The number of carbonyl (C=O) groups is 1. The summed E-state index contributed by atoms with van der Waals surface area (Å²) in [7, 11) is 1.93. The Bertz CT molecular complexity index is 584. The molecule has 0 saturated carbocycles. The van der Waals surface area contributed by atoms with E-state index in [1.807, 2.05) is 30.9 Å². The molecule has 1 atom stereocenters. The van der Waals surface area contributed by atoms with E-state index in [2.05, 4.69) is 29.2 Å². The molecule has 0 aliphatic heterocycles. The molecule has 0 saturated heterocycles. The molecule has 6 heteroatoms. The van der Waals surface area contributed by atoms with Crippen LogP contribution < -0.4 is 5.32 Å². The SMILES string of the molecule is Cc1cnn(CC(=O)N[C@@H](c2nccn2C)C(C)C)c1. The van der Waals surface area contributed by atoms with E-state index in [-0.39, 0.29) is 24.4 Å². The molecule has 0 fully saturated rings. The summed E-state index contributed by atoms with van der Waals surface area (Å²) >= 11 is 0. The number of aryl methyl sites for hydroxylation is 2. The fourth-order valence-electron chi connectivity index (χ4n) is 2.13. The lowest BCUT2D eigenvalue weighted by Crippen LogP contribution is -2.35. The van der Waals surface area contributed by atoms with E-state index in [0.717, 1.165) is 11.4 Å². The van der Waals surface area contributed by atoms with Crippen LogP contribution >= 0.6 is 0 Å². The van der Waals surface area contributed by atoms with Gasteiger partial charge in [0, 0.05) is 25.6 Å². The average Bonchev–Trinajstić information content (AvgIpc) is 2.95. The summed E-state index contributed by atoms with van der Waals surface area (Å²) in [6.45, 7) is 6.31. The van der Waals surface area contributed by atoms with Gasteiger partial charge >= 0.3 is 0 Å². The highest BCUT2D eigenvalue weighted by atomic mass is 16.2. The predicted octanol–water partition coefficient (Wildman–Crippen LogP) is 1.44. The lowest BCUT2D eigenvalue weighted by atomic mass is 10.0. The Kier molecular flexibility index (Phi) is 4.22. The number of hydrogen-bond acceptors (Lipinski definition) is 3. The first kappa shape index (κ1) is 14.3. The summed E-state index contributed by atoms with van der Waals surface area (Å²) in [4.78, 5) is 16.5. The van der Waals surface area contributed by atoms with Crippen LogP contribution in [0.1, 0.15) is 31.3 Å². The molecule has 2 aromatic heterocycles. The average molecular weight is 275 g/mol. The van der Waals surface area contributed by atoms with Crippen LogP contribution in [-0.4, -0.2) is 25.2 Å². The van der Waals surface area contributed by atoms with E-state index in [1.54, 1.807) is 17.1 Å². The molecular formula is C14H21N5O. The summed E-state index contributed by atoms with van der Waals surface area (Å²) < 4.78 is 3.57. The van der Waals surface area contributed by atoms with Crippen LogP contribution in [0.4, 0.5) is 0 Å². The highest BCUT2D eigenvalue weighted by Gasteiger charge is 2.22. The van der Waals surface area contributed by atoms with Gasteiger partial charge < -0.3 is 9.88 Å². The molecule has 2 rings (SSSR count). The van der Waals surface area contributed by atoms with Crippen molar-refractivity contribution in [2.24, 2.45) is 13.0 Å². The van der Waals surface area contributed by atoms with Crippen molar-refractivity contribution in [3.63, 3.8) is 0 Å². The summed E-state index contributed by atoms with van der Waals surface area (Å²) in [5.41, 5.74) is 1.04. The molecule has 0 aliphatic carbocycles. The van der Waals surface area contributed by atoms with Gasteiger partial charge in [-0.1, -0.05) is 13.8 Å². The molecule has 2 aromatic rings. The fourth-order valence-corrected chi connectivity index (χ4v) is 2.13. The second-order valence-corrected chi connectivity index (χ2v) is 5.40. The smallest absolute Gasteiger partial charge is 0.242 e. The number of nitrogens with one attached hydrogen (secondary N) is 1. The molecule has 108 valence electrons. The van der Waals surface area contributed by atoms with Crippen molar-refractivity contribution in [3.05, 3.63) is 36.2 Å². The minimum Gasteiger partial charge on any atom is -0.344 e. The zero-order chi connectivity index (χ0) is 14.7. The maximum Gasteiger partial charge on any atom is 0.242 e. The maximum absolute atomic E-state index is 12.1. The molecule has 6 nitrogen and oxygen atoms in total. The second kappa shape index (κ2) is 5.90. The van der Waals surface area contributed by atoms with Crippen LogP contribution in [0.15, 0.2) is 24.8 Å². The number of amides is 1. The van der Waals surface area contributed by atoms with Crippen LogP contribution in [0.2, 0.25) is 0 Å². The van der Waals surface area contributed by atoms with E-state index in [4.69, 9.17) is 0 Å². The van der Waals surface area contributed by atoms with Gasteiger partial charge in [0.25, 0.3) is 0 Å². The lowest BCUT2D eigenvalue weighted by molar-refractivity contribution is -0.123. The van der Waals surface area contributed by atoms with Gasteiger partial charge in [-0.25, -0.2) is 4.98 Å². The Morgan fingerprint density at radius 3 is 2.70 bits per heavy atom. The van der Waals surface area contributed by atoms with Crippen molar-refractivity contribution in [2.45, 2.75) is 33.4 Å². The first-order valence-electron chi connectivity index (χ1n) is 6.73. The van der Waals surface area contributed by atoms with Gasteiger partial charge in [0.1, 0.15) is 12.4 Å². The minimum atomic E-state index is -0.0980. The third-order valence-corrected chi connectivity index (χ3v) is 3.19. The molecule has 0 aromatic carbocycles. The Morgan fingerprint density at radius 2 is 2.20 bits per heavy atom. The second-order valence-electron chi connectivity index (χ2n) is 5.40. The van der Waals surface area contributed by atoms with Gasteiger partial charge in [0.05, 0.1) is 12.2 Å². The topological polar surface area (TPSA) is 64.7 Å². The van der Waals surface area contributed by atoms with Crippen LogP contribution in [0.25, 0.3) is 0 Å². The summed E-state index contributed by atoms with van der Waals surface area (Å²) in [6, 6.07) is -0.0980. The van der Waals surface area contributed by atoms with Crippen LogP contribution in [0, 0.1) is 12.8 Å². The van der Waals surface area contributed by atoms with Crippen LogP contribution in [0.5, 0.6) is 0 Å². The van der Waals surface area contributed by atoms with E-state index in [9.17, 15) is 4.79 Å². The van der Waals surface area contributed by atoms with Gasteiger partial charge in [0.2, 0.25) is 5.91 Å². The van der Waals surface area contributed by atoms with Gasteiger partial charge in [-0.05, 0) is 18.4 Å². The zero-order valence-electron chi connectivity index (χ0n) is 12.4. The Labute approximate surface area is 118 Å². The number of hydrogen-bond donors (Lipinski definition) is 1. The molecule has 20 heavy (non-hydrogen) atoms. The highest BCUT2D eigenvalue weighted by molar-refractivity contribution is 5.76. The number of carbonyl (C=O) groups excluding carboxylic acids is 1. The zero-order valence-corrected chi connectivity index (χ0v) is 12.4. The molecule has 0 unspecified atom stereocenters. The van der Waals surface area contributed by atoms with Crippen molar-refractivity contribution in [1.29, 1.82) is 0 Å². The van der Waals surface area contributed by atoms with Gasteiger partial charge in [-0.3, -0.25) is 9.48 Å². The summed E-state index contributed by atoms with van der Waals surface area (Å²) in [5.74, 6) is 1.07. The number of aromatic nitrogens is 4. The standard InChI is InChI=1S/C14H21N5O/c1-10(2)13(14-15-5-6-18(14)4)17-12(20)9-19-8-11(3)7-16-19/h5-8,10,13H,9H2,1-4H3,(H,17,20)/t13-/m1/s1. The number of imidazole rings is 1. The van der Waals surface area contributed by atoms with E-state index in [0.29, 0.717) is 0 Å². The van der Waals surface area contributed by atoms with Gasteiger partial charge in [-0.2, -0.15) is 5.10 Å². The minimum absolute atomic E-state index is 0.0604. The van der Waals surface area contributed by atoms with Crippen molar-refractivity contribution in [3.8, 4) is 0 Å². The maximum atomic E-state index is 12.1. The molecule has 0 spiro atoms. The quantitative estimate of drug-likeness (QED) is 0.898. The third kappa shape index (κ3) is 3.26. The van der Waals surface area contributed by atoms with Crippen molar-refractivity contribution in [2.75, 3.05) is 0 Å². The third-order valence-electron chi connectivity index (χ3n) is 3.19. The van der Waals surface area contributed by atoms with E-state index < -0.39 is 0 Å². The molecule has 1 N–H and O–H groups in total. The summed E-state index contributed by atoms with van der Waals surface area (Å²) in [5, 5.41) is 7.16. The van der Waals surface area contributed by atoms with Crippen molar-refractivity contribution < 1.29 is 4.79 Å². The molecule has 0 radical (unpaired) electrons. The normalized spacial score (nSPS) is 12.7. The largest absolute Gasteiger partial charge is 0.344 e. The van der Waals surface area contributed by atoms with Crippen LogP contribution in [0.3, 0.4) is 0 Å². The van der Waals surface area contributed by atoms with Crippen molar-refractivity contribution >= 4 is 5.91 Å². The van der Waals surface area contributed by atoms with Crippen LogP contribution in [-0.2, 0) is 18.4 Å². The highest BCUT2D eigenvalue weighted by Crippen LogP contribution is 2.19. The fraction of sp³-hybridized carbons (Fsp3) is 0.500. The number of rotatable bonds is 5.